The lowest BCUT2D eigenvalue weighted by atomic mass is 10.1. The number of fused-ring (bicyclic) bond motifs is 1. The Bertz CT molecular complexity index is 482. The number of carbonyl (C=O) groups excluding carboxylic acids is 2. The highest BCUT2D eigenvalue weighted by Gasteiger charge is 2.40. The van der Waals surface area contributed by atoms with Crippen LogP contribution in [-0.4, -0.2) is 18.5 Å². The first-order valence-electron chi connectivity index (χ1n) is 4.87. The Morgan fingerprint density at radius 1 is 1.12 bits per heavy atom. The van der Waals surface area contributed by atoms with Crippen LogP contribution in [0.25, 0.3) is 0 Å². The van der Waals surface area contributed by atoms with Gasteiger partial charge in [0.15, 0.2) is 0 Å². The normalized spacial score (nSPS) is 17.7. The third kappa shape index (κ3) is 2.23. The van der Waals surface area contributed by atoms with Gasteiger partial charge in [-0.2, -0.15) is 0 Å². The molecule has 0 aromatic heterocycles. The van der Waals surface area contributed by atoms with E-state index in [-0.39, 0.29) is 17.7 Å². The second-order valence-electron chi connectivity index (χ2n) is 3.17. The van der Waals surface area contributed by atoms with E-state index in [1.807, 2.05) is 0 Å². The standard InChI is InChI=1S/C10H9O6P/c1-2-14-17(13)15-9(11)7-5-3-4-6-8(7)10(12)16-17/h3-6H,2H2,1H3. The fourth-order valence-electron chi connectivity index (χ4n) is 1.37. The summed E-state index contributed by atoms with van der Waals surface area (Å²) >= 11 is 0. The summed E-state index contributed by atoms with van der Waals surface area (Å²) in [6, 6.07) is 5.90. The van der Waals surface area contributed by atoms with E-state index in [4.69, 9.17) is 4.52 Å². The molecule has 1 aromatic rings. The molecule has 0 spiro atoms. The summed E-state index contributed by atoms with van der Waals surface area (Å²) in [6.45, 7) is 1.54. The Labute approximate surface area is 97.1 Å². The molecule has 2 rings (SSSR count). The molecule has 0 bridgehead atoms. The van der Waals surface area contributed by atoms with Gasteiger partial charge in [-0.1, -0.05) is 12.1 Å². The summed E-state index contributed by atoms with van der Waals surface area (Å²) in [5, 5.41) is 0. The summed E-state index contributed by atoms with van der Waals surface area (Å²) in [5.41, 5.74) is 0.0184. The van der Waals surface area contributed by atoms with E-state index in [0.29, 0.717) is 0 Å². The fourth-order valence-corrected chi connectivity index (χ4v) is 2.43. The molecule has 0 radical (unpaired) electrons. The van der Waals surface area contributed by atoms with E-state index in [1.54, 1.807) is 19.1 Å². The Hall–Kier alpha value is -1.65. The second-order valence-corrected chi connectivity index (χ2v) is 4.69. The minimum absolute atomic E-state index is 0.00577. The van der Waals surface area contributed by atoms with E-state index >= 15 is 0 Å². The Morgan fingerprint density at radius 3 is 2.00 bits per heavy atom. The van der Waals surface area contributed by atoms with E-state index < -0.39 is 19.8 Å². The first-order valence-corrected chi connectivity index (χ1v) is 6.33. The number of phosphoric acid groups is 1. The zero-order valence-corrected chi connectivity index (χ0v) is 9.81. The molecule has 0 N–H and O–H groups in total. The van der Waals surface area contributed by atoms with E-state index in [1.165, 1.54) is 12.1 Å². The summed E-state index contributed by atoms with van der Waals surface area (Å²) in [5.74, 6) is -1.80. The predicted octanol–water partition coefficient (Wildman–Crippen LogP) is 2.16. The molecule has 1 aromatic carbocycles. The lowest BCUT2D eigenvalue weighted by Gasteiger charge is -2.12. The van der Waals surface area contributed by atoms with Gasteiger partial charge in [0.05, 0.1) is 17.7 Å². The summed E-state index contributed by atoms with van der Waals surface area (Å²) in [6.07, 6.45) is 0. The zero-order chi connectivity index (χ0) is 12.5. The largest absolute Gasteiger partial charge is 0.592 e. The van der Waals surface area contributed by atoms with Crippen LogP contribution in [-0.2, 0) is 18.1 Å². The topological polar surface area (TPSA) is 78.9 Å². The minimum Gasteiger partial charge on any atom is -0.357 e. The van der Waals surface area contributed by atoms with Crippen LogP contribution in [0.1, 0.15) is 27.6 Å². The lowest BCUT2D eigenvalue weighted by molar-refractivity contribution is 0.0558. The SMILES string of the molecule is CCOP1(=O)OC(=O)c2ccccc2C(=O)O1. The van der Waals surface area contributed by atoms with Crippen LogP contribution in [0.2, 0.25) is 0 Å². The summed E-state index contributed by atoms with van der Waals surface area (Å²) < 4.78 is 25.7. The molecule has 1 aliphatic rings. The number of hydrogen-bond acceptors (Lipinski definition) is 6. The molecular weight excluding hydrogens is 247 g/mol. The van der Waals surface area contributed by atoms with Crippen molar-refractivity contribution in [2.24, 2.45) is 0 Å². The number of carbonyl (C=O) groups is 2. The Balaban J connectivity index is 2.46. The van der Waals surface area contributed by atoms with Gasteiger partial charge in [-0.3, -0.25) is 4.52 Å². The Kier molecular flexibility index (Phi) is 3.00. The van der Waals surface area contributed by atoms with Crippen LogP contribution in [0.3, 0.4) is 0 Å². The van der Waals surface area contributed by atoms with Crippen LogP contribution in [0, 0.1) is 0 Å². The van der Waals surface area contributed by atoms with Crippen LogP contribution >= 0.6 is 7.82 Å². The van der Waals surface area contributed by atoms with Gasteiger partial charge < -0.3 is 9.05 Å². The van der Waals surface area contributed by atoms with Crippen molar-refractivity contribution in [3.63, 3.8) is 0 Å². The van der Waals surface area contributed by atoms with Crippen molar-refractivity contribution in [1.82, 2.24) is 0 Å². The average Bonchev–Trinajstić information content (AvgIpc) is 2.36. The van der Waals surface area contributed by atoms with Crippen molar-refractivity contribution in [1.29, 1.82) is 0 Å². The second kappa shape index (κ2) is 4.31. The van der Waals surface area contributed by atoms with E-state index in [0.717, 1.165) is 0 Å². The van der Waals surface area contributed by atoms with Crippen molar-refractivity contribution in [2.45, 2.75) is 6.92 Å². The number of rotatable bonds is 2. The molecule has 1 heterocycles. The molecule has 7 heteroatoms. The number of hydrogen-bond donors (Lipinski definition) is 0. The molecule has 0 unspecified atom stereocenters. The lowest BCUT2D eigenvalue weighted by Crippen LogP contribution is -2.04. The molecule has 1 aliphatic heterocycles. The summed E-state index contributed by atoms with van der Waals surface area (Å²) in [4.78, 5) is 23.3. The van der Waals surface area contributed by atoms with Crippen LogP contribution in [0.15, 0.2) is 24.3 Å². The van der Waals surface area contributed by atoms with Crippen LogP contribution < -0.4 is 0 Å². The molecule has 90 valence electrons. The summed E-state index contributed by atoms with van der Waals surface area (Å²) in [7, 11) is -4.15. The maximum absolute atomic E-state index is 11.8. The average molecular weight is 256 g/mol. The number of benzene rings is 1. The maximum Gasteiger partial charge on any atom is 0.592 e. The van der Waals surface area contributed by atoms with Gasteiger partial charge >= 0.3 is 19.8 Å². The fraction of sp³-hybridized carbons (Fsp3) is 0.200. The van der Waals surface area contributed by atoms with Crippen LogP contribution in [0.4, 0.5) is 0 Å². The van der Waals surface area contributed by atoms with Gasteiger partial charge in [0, 0.05) is 0 Å². The Morgan fingerprint density at radius 2 is 1.59 bits per heavy atom. The molecule has 0 aliphatic carbocycles. The molecule has 0 fully saturated rings. The van der Waals surface area contributed by atoms with Gasteiger partial charge in [-0.05, 0) is 19.1 Å². The van der Waals surface area contributed by atoms with Crippen molar-refractivity contribution in [3.05, 3.63) is 35.4 Å². The third-order valence-electron chi connectivity index (χ3n) is 2.04. The van der Waals surface area contributed by atoms with Gasteiger partial charge in [0.25, 0.3) is 0 Å². The highest BCUT2D eigenvalue weighted by Crippen LogP contribution is 2.52. The first-order chi connectivity index (χ1) is 8.06. The molecule has 0 atom stereocenters. The molecule has 0 saturated heterocycles. The molecule has 6 nitrogen and oxygen atoms in total. The van der Waals surface area contributed by atoms with Crippen molar-refractivity contribution >= 4 is 19.8 Å². The minimum atomic E-state index is -4.15. The maximum atomic E-state index is 11.8. The van der Waals surface area contributed by atoms with Crippen molar-refractivity contribution < 1.29 is 27.7 Å². The highest BCUT2D eigenvalue weighted by atomic mass is 31.2. The van der Waals surface area contributed by atoms with E-state index in [2.05, 4.69) is 9.05 Å². The number of phosphoric ester groups is 1. The van der Waals surface area contributed by atoms with Gasteiger partial charge in [-0.15, -0.1) is 0 Å². The van der Waals surface area contributed by atoms with Crippen molar-refractivity contribution in [3.8, 4) is 0 Å². The molecule has 17 heavy (non-hydrogen) atoms. The molecule has 0 amide bonds. The molecular formula is C10H9O6P. The zero-order valence-electron chi connectivity index (χ0n) is 8.91. The molecule has 0 saturated carbocycles. The third-order valence-corrected chi connectivity index (χ3v) is 3.40. The van der Waals surface area contributed by atoms with Crippen molar-refractivity contribution in [2.75, 3.05) is 6.61 Å². The van der Waals surface area contributed by atoms with E-state index in [9.17, 15) is 14.2 Å². The van der Waals surface area contributed by atoms with Gasteiger partial charge in [-0.25, -0.2) is 14.2 Å². The first kappa shape index (κ1) is 11.8. The van der Waals surface area contributed by atoms with Crippen LogP contribution in [0.5, 0.6) is 0 Å². The monoisotopic (exact) mass is 256 g/mol. The predicted molar refractivity (Wildman–Crippen MR) is 56.5 cm³/mol. The van der Waals surface area contributed by atoms with Gasteiger partial charge in [0.1, 0.15) is 0 Å². The quantitative estimate of drug-likeness (QED) is 0.754. The highest BCUT2D eigenvalue weighted by molar-refractivity contribution is 7.49. The smallest absolute Gasteiger partial charge is 0.357 e. The van der Waals surface area contributed by atoms with Gasteiger partial charge in [0.2, 0.25) is 0 Å².